The van der Waals surface area contributed by atoms with Crippen LogP contribution in [0.4, 0.5) is 0 Å². The molecule has 2 bridgehead atoms. The van der Waals surface area contributed by atoms with Crippen LogP contribution in [0.3, 0.4) is 0 Å². The van der Waals surface area contributed by atoms with E-state index in [-0.39, 0.29) is 12.2 Å². The SMILES string of the molecule is C=CCO[C@@H]1[C@H](O)[C@@H]2C=C[C@H]1C2. The number of fused-ring (bicyclic) bond motifs is 2. The standard InChI is InChI=1S/C10H14O2/c1-2-5-12-10-8-4-3-7(6-8)9(10)11/h2-4,7-11H,1,5-6H2/t7-,8+,9-,10+/m1/s1. The predicted octanol–water partition coefficient (Wildman–Crippen LogP) is 1.12. The minimum Gasteiger partial charge on any atom is -0.390 e. The van der Waals surface area contributed by atoms with Crippen LogP contribution in [0.2, 0.25) is 0 Å². The summed E-state index contributed by atoms with van der Waals surface area (Å²) in [5.41, 5.74) is 0. The van der Waals surface area contributed by atoms with Gasteiger partial charge in [-0.25, -0.2) is 0 Å². The lowest BCUT2D eigenvalue weighted by atomic mass is 10.0. The Morgan fingerprint density at radius 1 is 1.50 bits per heavy atom. The average molecular weight is 166 g/mol. The molecule has 1 saturated carbocycles. The van der Waals surface area contributed by atoms with Crippen LogP contribution in [0, 0.1) is 11.8 Å². The van der Waals surface area contributed by atoms with Gasteiger partial charge in [-0.15, -0.1) is 6.58 Å². The van der Waals surface area contributed by atoms with Gasteiger partial charge in [-0.3, -0.25) is 0 Å². The molecule has 0 aromatic carbocycles. The predicted molar refractivity (Wildman–Crippen MR) is 46.7 cm³/mol. The zero-order valence-corrected chi connectivity index (χ0v) is 7.02. The van der Waals surface area contributed by atoms with Gasteiger partial charge in [0.05, 0.1) is 18.8 Å². The molecule has 0 aromatic heterocycles. The van der Waals surface area contributed by atoms with E-state index in [0.29, 0.717) is 18.4 Å². The molecule has 0 aliphatic heterocycles. The molecule has 0 amide bonds. The molecule has 66 valence electrons. The summed E-state index contributed by atoms with van der Waals surface area (Å²) in [6.07, 6.45) is 6.76. The maximum atomic E-state index is 9.70. The summed E-state index contributed by atoms with van der Waals surface area (Å²) in [7, 11) is 0. The van der Waals surface area contributed by atoms with E-state index >= 15 is 0 Å². The number of aliphatic hydroxyl groups is 1. The zero-order valence-electron chi connectivity index (χ0n) is 7.02. The molecular formula is C10H14O2. The fourth-order valence-corrected chi connectivity index (χ4v) is 2.15. The third-order valence-corrected chi connectivity index (χ3v) is 2.75. The second-order valence-electron chi connectivity index (χ2n) is 3.53. The van der Waals surface area contributed by atoms with Crippen molar-refractivity contribution >= 4 is 0 Å². The van der Waals surface area contributed by atoms with Crippen LogP contribution in [0.25, 0.3) is 0 Å². The monoisotopic (exact) mass is 166 g/mol. The van der Waals surface area contributed by atoms with E-state index in [9.17, 15) is 5.11 Å². The highest BCUT2D eigenvalue weighted by Crippen LogP contribution is 2.40. The lowest BCUT2D eigenvalue weighted by Gasteiger charge is -2.23. The Morgan fingerprint density at radius 3 is 2.83 bits per heavy atom. The van der Waals surface area contributed by atoms with Crippen molar-refractivity contribution in [3.63, 3.8) is 0 Å². The van der Waals surface area contributed by atoms with Crippen molar-refractivity contribution < 1.29 is 9.84 Å². The van der Waals surface area contributed by atoms with Gasteiger partial charge in [0.2, 0.25) is 0 Å². The molecule has 0 saturated heterocycles. The summed E-state index contributed by atoms with van der Waals surface area (Å²) >= 11 is 0. The van der Waals surface area contributed by atoms with E-state index in [0.717, 1.165) is 6.42 Å². The molecule has 2 aliphatic rings. The van der Waals surface area contributed by atoms with Gasteiger partial charge < -0.3 is 9.84 Å². The summed E-state index contributed by atoms with van der Waals surface area (Å²) in [5.74, 6) is 0.773. The molecule has 0 spiro atoms. The van der Waals surface area contributed by atoms with Gasteiger partial charge in [-0.1, -0.05) is 18.2 Å². The normalized spacial score (nSPS) is 43.8. The van der Waals surface area contributed by atoms with Gasteiger partial charge >= 0.3 is 0 Å². The quantitative estimate of drug-likeness (QED) is 0.637. The molecule has 12 heavy (non-hydrogen) atoms. The molecule has 1 N–H and O–H groups in total. The first-order valence-corrected chi connectivity index (χ1v) is 4.42. The number of rotatable bonds is 3. The van der Waals surface area contributed by atoms with Crippen molar-refractivity contribution in [1.29, 1.82) is 0 Å². The first kappa shape index (κ1) is 8.02. The molecule has 2 aliphatic carbocycles. The van der Waals surface area contributed by atoms with E-state index < -0.39 is 0 Å². The van der Waals surface area contributed by atoms with Crippen LogP contribution in [0.5, 0.6) is 0 Å². The number of hydrogen-bond acceptors (Lipinski definition) is 2. The number of hydrogen-bond donors (Lipinski definition) is 1. The smallest absolute Gasteiger partial charge is 0.0906 e. The largest absolute Gasteiger partial charge is 0.390 e. The third-order valence-electron chi connectivity index (χ3n) is 2.75. The highest BCUT2D eigenvalue weighted by Gasteiger charge is 2.44. The van der Waals surface area contributed by atoms with Crippen LogP contribution < -0.4 is 0 Å². The maximum absolute atomic E-state index is 9.70. The van der Waals surface area contributed by atoms with Crippen LogP contribution >= 0.6 is 0 Å². The van der Waals surface area contributed by atoms with E-state index in [1.807, 2.05) is 0 Å². The maximum Gasteiger partial charge on any atom is 0.0906 e. The Morgan fingerprint density at radius 2 is 2.25 bits per heavy atom. The van der Waals surface area contributed by atoms with Crippen LogP contribution in [0.1, 0.15) is 6.42 Å². The van der Waals surface area contributed by atoms with Crippen molar-refractivity contribution in [1.82, 2.24) is 0 Å². The van der Waals surface area contributed by atoms with E-state index in [2.05, 4.69) is 18.7 Å². The van der Waals surface area contributed by atoms with E-state index in [4.69, 9.17) is 4.74 Å². The first-order valence-electron chi connectivity index (χ1n) is 4.42. The summed E-state index contributed by atoms with van der Waals surface area (Å²) < 4.78 is 5.48. The molecule has 2 heteroatoms. The van der Waals surface area contributed by atoms with Crippen LogP contribution in [0.15, 0.2) is 24.8 Å². The molecular weight excluding hydrogens is 152 g/mol. The Bertz CT molecular complexity index is 210. The first-order chi connectivity index (χ1) is 5.83. The summed E-state index contributed by atoms with van der Waals surface area (Å²) in [4.78, 5) is 0. The molecule has 0 heterocycles. The van der Waals surface area contributed by atoms with E-state index in [1.54, 1.807) is 6.08 Å². The van der Waals surface area contributed by atoms with Gasteiger partial charge in [0, 0.05) is 11.8 Å². The molecule has 2 nitrogen and oxygen atoms in total. The van der Waals surface area contributed by atoms with Gasteiger partial charge in [0.25, 0.3) is 0 Å². The van der Waals surface area contributed by atoms with Gasteiger partial charge in [0.1, 0.15) is 0 Å². The van der Waals surface area contributed by atoms with Gasteiger partial charge in [-0.05, 0) is 6.42 Å². The lowest BCUT2D eigenvalue weighted by Crippen LogP contribution is -2.32. The van der Waals surface area contributed by atoms with Gasteiger partial charge in [-0.2, -0.15) is 0 Å². The highest BCUT2D eigenvalue weighted by atomic mass is 16.5. The molecule has 4 atom stereocenters. The Hall–Kier alpha value is -0.600. The second kappa shape index (κ2) is 3.04. The third kappa shape index (κ3) is 1.11. The highest BCUT2D eigenvalue weighted by molar-refractivity contribution is 5.15. The molecule has 0 unspecified atom stereocenters. The minimum absolute atomic E-state index is 0.0120. The van der Waals surface area contributed by atoms with Crippen molar-refractivity contribution in [2.45, 2.75) is 18.6 Å². The molecule has 0 aromatic rings. The Kier molecular flexibility index (Phi) is 2.03. The summed E-state index contributed by atoms with van der Waals surface area (Å²) in [5, 5.41) is 9.70. The van der Waals surface area contributed by atoms with E-state index in [1.165, 1.54) is 0 Å². The topological polar surface area (TPSA) is 29.5 Å². The second-order valence-corrected chi connectivity index (χ2v) is 3.53. The Labute approximate surface area is 72.5 Å². The van der Waals surface area contributed by atoms with Crippen LogP contribution in [-0.4, -0.2) is 23.9 Å². The van der Waals surface area contributed by atoms with Crippen molar-refractivity contribution in [3.05, 3.63) is 24.8 Å². The van der Waals surface area contributed by atoms with Crippen molar-refractivity contribution in [2.24, 2.45) is 11.8 Å². The molecule has 0 radical (unpaired) electrons. The average Bonchev–Trinajstić information content (AvgIpc) is 2.62. The molecule has 1 fully saturated rings. The lowest BCUT2D eigenvalue weighted by molar-refractivity contribution is -0.0314. The Balaban J connectivity index is 1.98. The summed E-state index contributed by atoms with van der Waals surface area (Å²) in [6.45, 7) is 4.12. The fraction of sp³-hybridized carbons (Fsp3) is 0.600. The number of ether oxygens (including phenoxy) is 1. The minimum atomic E-state index is -0.292. The van der Waals surface area contributed by atoms with Crippen molar-refractivity contribution in [2.75, 3.05) is 6.61 Å². The number of aliphatic hydroxyl groups excluding tert-OH is 1. The van der Waals surface area contributed by atoms with Crippen molar-refractivity contribution in [3.8, 4) is 0 Å². The van der Waals surface area contributed by atoms with Gasteiger partial charge in [0.15, 0.2) is 0 Å². The summed E-state index contributed by atoms with van der Waals surface area (Å²) in [6, 6.07) is 0. The zero-order chi connectivity index (χ0) is 8.55. The molecule has 2 rings (SSSR count). The fourth-order valence-electron chi connectivity index (χ4n) is 2.15. The van der Waals surface area contributed by atoms with Crippen LogP contribution in [-0.2, 0) is 4.74 Å².